The van der Waals surface area contributed by atoms with Crippen molar-refractivity contribution in [2.75, 3.05) is 5.32 Å². The van der Waals surface area contributed by atoms with Crippen LogP contribution < -0.4 is 15.8 Å². The van der Waals surface area contributed by atoms with Crippen LogP contribution in [0.2, 0.25) is 0 Å². The molecular weight excluding hydrogens is 347 g/mol. The number of para-hydroxylation sites is 1. The van der Waals surface area contributed by atoms with Crippen molar-refractivity contribution in [2.45, 2.75) is 6.92 Å². The fraction of sp³-hybridized carbons (Fsp3) is 0.0476. The Morgan fingerprint density at radius 1 is 0.926 bits per heavy atom. The van der Waals surface area contributed by atoms with Crippen LogP contribution in [0, 0.1) is 12.7 Å². The largest absolute Gasteiger partial charge is 0.457 e. The van der Waals surface area contributed by atoms with Gasteiger partial charge in [-0.05, 0) is 49.4 Å². The first kappa shape index (κ1) is 18.1. The number of hydrogen-bond donors (Lipinski definition) is 2. The van der Waals surface area contributed by atoms with E-state index in [-0.39, 0.29) is 16.8 Å². The Balaban J connectivity index is 1.83. The molecule has 0 spiro atoms. The van der Waals surface area contributed by atoms with Gasteiger partial charge in [-0.25, -0.2) is 4.39 Å². The summed E-state index contributed by atoms with van der Waals surface area (Å²) >= 11 is 0. The molecule has 0 fully saturated rings. The molecule has 0 atom stereocenters. The van der Waals surface area contributed by atoms with E-state index in [1.165, 1.54) is 13.0 Å². The highest BCUT2D eigenvalue weighted by Crippen LogP contribution is 2.24. The molecule has 3 N–H and O–H groups in total. The first-order chi connectivity index (χ1) is 12.9. The minimum absolute atomic E-state index is 0.0189. The van der Waals surface area contributed by atoms with E-state index in [1.807, 2.05) is 18.2 Å². The van der Waals surface area contributed by atoms with Crippen molar-refractivity contribution in [3.8, 4) is 11.5 Å². The minimum Gasteiger partial charge on any atom is -0.457 e. The van der Waals surface area contributed by atoms with Crippen LogP contribution in [0.1, 0.15) is 26.3 Å². The molecule has 0 bridgehead atoms. The molecule has 0 aliphatic heterocycles. The van der Waals surface area contributed by atoms with Crippen LogP contribution in [0.3, 0.4) is 0 Å². The molecule has 0 saturated carbocycles. The molecule has 0 aromatic heterocycles. The van der Waals surface area contributed by atoms with E-state index >= 15 is 0 Å². The van der Waals surface area contributed by atoms with Gasteiger partial charge in [0.05, 0.1) is 0 Å². The SMILES string of the molecule is Cc1c(F)cc(C(N)=O)cc1NC(=O)c1cccc(Oc2ccccc2)c1. The van der Waals surface area contributed by atoms with E-state index in [9.17, 15) is 14.0 Å². The van der Waals surface area contributed by atoms with Crippen molar-refractivity contribution in [3.63, 3.8) is 0 Å². The maximum absolute atomic E-state index is 14.0. The van der Waals surface area contributed by atoms with Gasteiger partial charge < -0.3 is 15.8 Å². The summed E-state index contributed by atoms with van der Waals surface area (Å²) in [5.74, 6) is -0.729. The summed E-state index contributed by atoms with van der Waals surface area (Å²) in [6, 6.07) is 18.1. The molecule has 2 amide bonds. The number of carbonyl (C=O) groups excluding carboxylic acids is 2. The summed E-state index contributed by atoms with van der Waals surface area (Å²) in [7, 11) is 0. The van der Waals surface area contributed by atoms with Gasteiger partial charge in [0.2, 0.25) is 5.91 Å². The Kier molecular flexibility index (Phi) is 5.17. The Morgan fingerprint density at radius 3 is 2.33 bits per heavy atom. The van der Waals surface area contributed by atoms with Crippen LogP contribution >= 0.6 is 0 Å². The van der Waals surface area contributed by atoms with E-state index in [4.69, 9.17) is 10.5 Å². The van der Waals surface area contributed by atoms with E-state index in [0.29, 0.717) is 17.1 Å². The van der Waals surface area contributed by atoms with Crippen molar-refractivity contribution in [1.82, 2.24) is 0 Å². The van der Waals surface area contributed by atoms with Crippen LogP contribution in [-0.4, -0.2) is 11.8 Å². The second-order valence-electron chi connectivity index (χ2n) is 5.89. The zero-order valence-corrected chi connectivity index (χ0v) is 14.5. The van der Waals surface area contributed by atoms with Crippen molar-refractivity contribution < 1.29 is 18.7 Å². The highest BCUT2D eigenvalue weighted by molar-refractivity contribution is 6.05. The highest BCUT2D eigenvalue weighted by atomic mass is 19.1. The molecule has 3 rings (SSSR count). The van der Waals surface area contributed by atoms with Crippen molar-refractivity contribution in [3.05, 3.63) is 89.2 Å². The zero-order chi connectivity index (χ0) is 19.4. The van der Waals surface area contributed by atoms with E-state index < -0.39 is 17.6 Å². The Hall–Kier alpha value is -3.67. The number of hydrogen-bond acceptors (Lipinski definition) is 3. The van der Waals surface area contributed by atoms with Crippen molar-refractivity contribution >= 4 is 17.5 Å². The van der Waals surface area contributed by atoms with Gasteiger partial charge in [0.1, 0.15) is 17.3 Å². The average molecular weight is 364 g/mol. The molecule has 0 aliphatic rings. The molecule has 0 saturated heterocycles. The third-order valence-electron chi connectivity index (χ3n) is 3.95. The number of carbonyl (C=O) groups is 2. The van der Waals surface area contributed by atoms with Gasteiger partial charge in [-0.2, -0.15) is 0 Å². The fourth-order valence-corrected chi connectivity index (χ4v) is 2.47. The first-order valence-electron chi connectivity index (χ1n) is 8.18. The predicted octanol–water partition coefficient (Wildman–Crippen LogP) is 4.28. The highest BCUT2D eigenvalue weighted by Gasteiger charge is 2.14. The first-order valence-corrected chi connectivity index (χ1v) is 8.18. The van der Waals surface area contributed by atoms with Gasteiger partial charge in [0, 0.05) is 22.4 Å². The lowest BCUT2D eigenvalue weighted by Gasteiger charge is -2.12. The topological polar surface area (TPSA) is 81.4 Å². The van der Waals surface area contributed by atoms with E-state index in [0.717, 1.165) is 6.07 Å². The number of amides is 2. The van der Waals surface area contributed by atoms with E-state index in [1.54, 1.807) is 36.4 Å². The molecule has 0 unspecified atom stereocenters. The summed E-state index contributed by atoms with van der Waals surface area (Å²) in [6.45, 7) is 1.50. The molecule has 6 heteroatoms. The number of primary amides is 1. The zero-order valence-electron chi connectivity index (χ0n) is 14.5. The van der Waals surface area contributed by atoms with Crippen LogP contribution in [-0.2, 0) is 0 Å². The molecule has 5 nitrogen and oxygen atoms in total. The quantitative estimate of drug-likeness (QED) is 0.709. The number of halogens is 1. The molecule has 0 radical (unpaired) electrons. The van der Waals surface area contributed by atoms with Gasteiger partial charge in [-0.1, -0.05) is 24.3 Å². The lowest BCUT2D eigenvalue weighted by molar-refractivity contribution is 0.0995. The molecule has 3 aromatic carbocycles. The van der Waals surface area contributed by atoms with Gasteiger partial charge in [0.25, 0.3) is 5.91 Å². The molecule has 27 heavy (non-hydrogen) atoms. The molecule has 136 valence electrons. The van der Waals surface area contributed by atoms with Crippen LogP contribution in [0.4, 0.5) is 10.1 Å². The number of ether oxygens (including phenoxy) is 1. The second kappa shape index (κ2) is 7.70. The maximum atomic E-state index is 14.0. The normalized spacial score (nSPS) is 10.3. The van der Waals surface area contributed by atoms with Gasteiger partial charge in [-0.15, -0.1) is 0 Å². The molecule has 3 aromatic rings. The second-order valence-corrected chi connectivity index (χ2v) is 5.89. The van der Waals surface area contributed by atoms with Gasteiger partial charge in [-0.3, -0.25) is 9.59 Å². The number of benzene rings is 3. The van der Waals surface area contributed by atoms with Crippen LogP contribution in [0.5, 0.6) is 11.5 Å². The molecular formula is C21H17FN2O3. The summed E-state index contributed by atoms with van der Waals surface area (Å²) < 4.78 is 19.7. The lowest BCUT2D eigenvalue weighted by atomic mass is 10.1. The minimum atomic E-state index is -0.775. The van der Waals surface area contributed by atoms with Crippen molar-refractivity contribution in [1.29, 1.82) is 0 Å². The third-order valence-corrected chi connectivity index (χ3v) is 3.95. The molecule has 0 aliphatic carbocycles. The third kappa shape index (κ3) is 4.30. The summed E-state index contributed by atoms with van der Waals surface area (Å²) in [5.41, 5.74) is 5.91. The van der Waals surface area contributed by atoms with Crippen molar-refractivity contribution in [2.24, 2.45) is 5.73 Å². The lowest BCUT2D eigenvalue weighted by Crippen LogP contribution is -2.16. The fourth-order valence-electron chi connectivity index (χ4n) is 2.47. The Bertz CT molecular complexity index is 1000. The number of anilines is 1. The number of nitrogens with one attached hydrogen (secondary N) is 1. The smallest absolute Gasteiger partial charge is 0.255 e. The maximum Gasteiger partial charge on any atom is 0.255 e. The Morgan fingerprint density at radius 2 is 1.63 bits per heavy atom. The standard InChI is InChI=1S/C21H17FN2O3/c1-13-18(22)11-15(20(23)25)12-19(13)24-21(26)14-6-5-9-17(10-14)27-16-7-3-2-4-8-16/h2-12H,1H3,(H2,23,25)(H,24,26). The summed E-state index contributed by atoms with van der Waals surface area (Å²) in [6.07, 6.45) is 0. The number of nitrogens with two attached hydrogens (primary N) is 1. The average Bonchev–Trinajstić information content (AvgIpc) is 2.66. The van der Waals surface area contributed by atoms with E-state index in [2.05, 4.69) is 5.32 Å². The summed E-state index contributed by atoms with van der Waals surface area (Å²) in [4.78, 5) is 23.9. The predicted molar refractivity (Wildman–Crippen MR) is 101 cm³/mol. The molecule has 0 heterocycles. The Labute approximate surface area is 155 Å². The number of rotatable bonds is 5. The van der Waals surface area contributed by atoms with Gasteiger partial charge >= 0.3 is 0 Å². The van der Waals surface area contributed by atoms with Crippen LogP contribution in [0.25, 0.3) is 0 Å². The monoisotopic (exact) mass is 364 g/mol. The summed E-state index contributed by atoms with van der Waals surface area (Å²) in [5, 5.41) is 2.61. The van der Waals surface area contributed by atoms with Crippen LogP contribution in [0.15, 0.2) is 66.7 Å². The van der Waals surface area contributed by atoms with Gasteiger partial charge in [0.15, 0.2) is 0 Å².